The highest BCUT2D eigenvalue weighted by Gasteiger charge is 2.42. The fourth-order valence-electron chi connectivity index (χ4n) is 4.33. The van der Waals surface area contributed by atoms with Gasteiger partial charge >= 0.3 is 0 Å². The van der Waals surface area contributed by atoms with Crippen molar-refractivity contribution in [1.82, 2.24) is 9.88 Å². The molecule has 2 N–H and O–H groups in total. The van der Waals surface area contributed by atoms with Crippen LogP contribution < -0.4 is 0 Å². The standard InChI is InChI=1S/C19H22N2O2/c1-2-12-11-21-8-6-13(12)9-18(21)19(23)15-5-7-20-17-4-3-14(22)10-16(15)17/h2-5,7,10,12-13,18-19,22-23H,1,6,8-9,11H2. The predicted octanol–water partition coefficient (Wildman–Crippen LogP) is 2.87. The van der Waals surface area contributed by atoms with Gasteiger partial charge in [0.2, 0.25) is 0 Å². The molecule has 120 valence electrons. The summed E-state index contributed by atoms with van der Waals surface area (Å²) in [6, 6.07) is 7.14. The van der Waals surface area contributed by atoms with Gasteiger partial charge in [-0.05, 0) is 61.1 Å². The average molecular weight is 310 g/mol. The van der Waals surface area contributed by atoms with Gasteiger partial charge in [0.15, 0.2) is 0 Å². The zero-order chi connectivity index (χ0) is 16.0. The number of aromatic nitrogens is 1. The summed E-state index contributed by atoms with van der Waals surface area (Å²) in [5.41, 5.74) is 1.66. The van der Waals surface area contributed by atoms with Crippen LogP contribution in [0.5, 0.6) is 5.75 Å². The van der Waals surface area contributed by atoms with E-state index in [0.29, 0.717) is 11.8 Å². The number of aliphatic hydroxyl groups excluding tert-OH is 1. The molecule has 5 rings (SSSR count). The van der Waals surface area contributed by atoms with Gasteiger partial charge in [0.25, 0.3) is 0 Å². The molecule has 5 atom stereocenters. The summed E-state index contributed by atoms with van der Waals surface area (Å²) in [6.07, 6.45) is 5.44. The number of fused-ring (bicyclic) bond motifs is 4. The normalized spacial score (nSPS) is 31.2. The molecule has 2 bridgehead atoms. The summed E-state index contributed by atoms with van der Waals surface area (Å²) in [6.45, 7) is 5.99. The molecular formula is C19H22N2O2. The Hall–Kier alpha value is -1.91. The molecule has 4 nitrogen and oxygen atoms in total. The molecule has 3 saturated heterocycles. The van der Waals surface area contributed by atoms with Crippen LogP contribution in [0.15, 0.2) is 43.1 Å². The molecule has 0 aliphatic carbocycles. The van der Waals surface area contributed by atoms with E-state index in [1.165, 1.54) is 6.42 Å². The number of piperidine rings is 3. The van der Waals surface area contributed by atoms with Crippen LogP contribution in [0.4, 0.5) is 0 Å². The van der Waals surface area contributed by atoms with Crippen LogP contribution in [0.1, 0.15) is 24.5 Å². The zero-order valence-corrected chi connectivity index (χ0v) is 13.1. The van der Waals surface area contributed by atoms with Crippen molar-refractivity contribution in [1.29, 1.82) is 0 Å². The van der Waals surface area contributed by atoms with Gasteiger partial charge in [-0.3, -0.25) is 9.88 Å². The van der Waals surface area contributed by atoms with Gasteiger partial charge < -0.3 is 10.2 Å². The number of pyridine rings is 1. The predicted molar refractivity (Wildman–Crippen MR) is 90.1 cm³/mol. The molecule has 3 aliphatic heterocycles. The van der Waals surface area contributed by atoms with Crippen LogP contribution in [0.3, 0.4) is 0 Å². The molecule has 0 amide bonds. The SMILES string of the molecule is C=CC1CN2CCC1CC2C(O)c1ccnc2ccc(O)cc12. The summed E-state index contributed by atoms with van der Waals surface area (Å²) in [7, 11) is 0. The van der Waals surface area contributed by atoms with Crippen LogP contribution in [-0.4, -0.2) is 39.2 Å². The molecule has 0 saturated carbocycles. The van der Waals surface area contributed by atoms with Crippen molar-refractivity contribution in [3.63, 3.8) is 0 Å². The van der Waals surface area contributed by atoms with Gasteiger partial charge in [0.1, 0.15) is 5.75 Å². The highest BCUT2D eigenvalue weighted by atomic mass is 16.3. The number of rotatable bonds is 3. The minimum absolute atomic E-state index is 0.137. The van der Waals surface area contributed by atoms with Crippen molar-refractivity contribution >= 4 is 10.9 Å². The third-order valence-corrected chi connectivity index (χ3v) is 5.60. The largest absolute Gasteiger partial charge is 0.508 e. The van der Waals surface area contributed by atoms with Gasteiger partial charge in [0, 0.05) is 24.2 Å². The number of hydrogen-bond donors (Lipinski definition) is 2. The minimum Gasteiger partial charge on any atom is -0.508 e. The molecule has 3 aliphatic rings. The highest BCUT2D eigenvalue weighted by molar-refractivity contribution is 5.83. The number of benzene rings is 1. The van der Waals surface area contributed by atoms with Crippen molar-refractivity contribution in [2.24, 2.45) is 11.8 Å². The Morgan fingerprint density at radius 1 is 1.35 bits per heavy atom. The number of hydrogen-bond acceptors (Lipinski definition) is 4. The maximum atomic E-state index is 11.0. The fourth-order valence-corrected chi connectivity index (χ4v) is 4.33. The van der Waals surface area contributed by atoms with E-state index >= 15 is 0 Å². The topological polar surface area (TPSA) is 56.6 Å². The van der Waals surface area contributed by atoms with Crippen LogP contribution in [0.25, 0.3) is 10.9 Å². The maximum Gasteiger partial charge on any atom is 0.116 e. The molecule has 23 heavy (non-hydrogen) atoms. The summed E-state index contributed by atoms with van der Waals surface area (Å²) in [4.78, 5) is 6.73. The highest BCUT2D eigenvalue weighted by Crippen LogP contribution is 2.42. The number of phenols is 1. The van der Waals surface area contributed by atoms with Crippen molar-refractivity contribution in [3.05, 3.63) is 48.7 Å². The lowest BCUT2D eigenvalue weighted by Crippen LogP contribution is -2.54. The van der Waals surface area contributed by atoms with E-state index in [0.717, 1.165) is 36.0 Å². The van der Waals surface area contributed by atoms with Crippen molar-refractivity contribution < 1.29 is 10.2 Å². The third-order valence-electron chi connectivity index (χ3n) is 5.60. The van der Waals surface area contributed by atoms with E-state index in [1.807, 2.05) is 6.07 Å². The first-order valence-electron chi connectivity index (χ1n) is 8.29. The molecule has 5 unspecified atom stereocenters. The quantitative estimate of drug-likeness (QED) is 0.856. The summed E-state index contributed by atoms with van der Waals surface area (Å²) in [5, 5.41) is 21.7. The Morgan fingerprint density at radius 3 is 2.96 bits per heavy atom. The first kappa shape index (κ1) is 14.7. The second-order valence-electron chi connectivity index (χ2n) is 6.79. The molecule has 0 radical (unpaired) electrons. The minimum atomic E-state index is -0.559. The zero-order valence-electron chi connectivity index (χ0n) is 13.1. The van der Waals surface area contributed by atoms with E-state index in [9.17, 15) is 10.2 Å². The second-order valence-corrected chi connectivity index (χ2v) is 6.79. The second kappa shape index (κ2) is 5.62. The van der Waals surface area contributed by atoms with Crippen LogP contribution in [-0.2, 0) is 0 Å². The first-order chi connectivity index (χ1) is 11.2. The lowest BCUT2D eigenvalue weighted by atomic mass is 9.73. The Kier molecular flexibility index (Phi) is 3.58. The van der Waals surface area contributed by atoms with E-state index in [2.05, 4.69) is 22.5 Å². The first-order valence-corrected chi connectivity index (χ1v) is 8.29. The fraction of sp³-hybridized carbons (Fsp3) is 0.421. The summed E-state index contributed by atoms with van der Waals surface area (Å²) in [5.74, 6) is 1.38. The number of phenolic OH excluding ortho intramolecular Hbond substituents is 1. The lowest BCUT2D eigenvalue weighted by molar-refractivity contribution is -0.0444. The van der Waals surface area contributed by atoms with Crippen LogP contribution in [0.2, 0.25) is 0 Å². The average Bonchev–Trinajstić information content (AvgIpc) is 2.60. The number of aromatic hydroxyl groups is 1. The molecule has 0 spiro atoms. The Balaban J connectivity index is 1.69. The molecule has 1 aromatic carbocycles. The Bertz CT molecular complexity index is 745. The number of nitrogens with zero attached hydrogens (tertiary/aromatic N) is 2. The van der Waals surface area contributed by atoms with Gasteiger partial charge in [-0.25, -0.2) is 0 Å². The van der Waals surface area contributed by atoms with E-state index in [1.54, 1.807) is 24.4 Å². The van der Waals surface area contributed by atoms with Crippen molar-refractivity contribution in [2.45, 2.75) is 25.0 Å². The van der Waals surface area contributed by atoms with Gasteiger partial charge in [0.05, 0.1) is 11.6 Å². The molecular weight excluding hydrogens is 288 g/mol. The molecule has 1 aromatic heterocycles. The molecule has 2 aromatic rings. The van der Waals surface area contributed by atoms with E-state index in [-0.39, 0.29) is 11.8 Å². The smallest absolute Gasteiger partial charge is 0.116 e. The molecule has 4 heterocycles. The number of aliphatic hydroxyl groups is 1. The van der Waals surface area contributed by atoms with Gasteiger partial charge in [-0.2, -0.15) is 0 Å². The van der Waals surface area contributed by atoms with Crippen LogP contribution in [0, 0.1) is 11.8 Å². The Labute approximate surface area is 136 Å². The van der Waals surface area contributed by atoms with Crippen molar-refractivity contribution in [2.75, 3.05) is 13.1 Å². The van der Waals surface area contributed by atoms with Gasteiger partial charge in [-0.15, -0.1) is 6.58 Å². The maximum absolute atomic E-state index is 11.0. The van der Waals surface area contributed by atoms with Crippen molar-refractivity contribution in [3.8, 4) is 5.75 Å². The van der Waals surface area contributed by atoms with E-state index < -0.39 is 6.10 Å². The lowest BCUT2D eigenvalue weighted by Gasteiger charge is -2.50. The monoisotopic (exact) mass is 310 g/mol. The molecule has 3 fully saturated rings. The van der Waals surface area contributed by atoms with Gasteiger partial charge in [-0.1, -0.05) is 6.08 Å². The van der Waals surface area contributed by atoms with E-state index in [4.69, 9.17) is 0 Å². The summed E-state index contributed by atoms with van der Waals surface area (Å²) < 4.78 is 0. The Morgan fingerprint density at radius 2 is 2.22 bits per heavy atom. The van der Waals surface area contributed by atoms with Crippen LogP contribution >= 0.6 is 0 Å². The summed E-state index contributed by atoms with van der Waals surface area (Å²) >= 11 is 0. The third kappa shape index (κ3) is 2.42. The molecule has 4 heteroatoms.